The van der Waals surface area contributed by atoms with Gasteiger partial charge in [-0.25, -0.2) is 8.78 Å². The quantitative estimate of drug-likeness (QED) is 0.108. The van der Waals surface area contributed by atoms with Gasteiger partial charge in [-0.05, 0) is 47.9 Å². The number of hydrogen-bond acceptors (Lipinski definition) is 2. The molecule has 3 rings (SSSR count). The molecule has 0 radical (unpaired) electrons. The van der Waals surface area contributed by atoms with Crippen LogP contribution in [0, 0.1) is 11.6 Å². The first-order valence-corrected chi connectivity index (χ1v) is 15.3. The van der Waals surface area contributed by atoms with Crippen LogP contribution in [0.4, 0.5) is 8.78 Å². The predicted molar refractivity (Wildman–Crippen MR) is 158 cm³/mol. The van der Waals surface area contributed by atoms with E-state index in [1.54, 1.807) is 24.3 Å². The van der Waals surface area contributed by atoms with E-state index in [-0.39, 0.29) is 23.1 Å². The Morgan fingerprint density at radius 1 is 0.421 bits per heavy atom. The zero-order valence-electron chi connectivity index (χ0n) is 23.8. The average Bonchev–Trinajstić information content (AvgIpc) is 2.93. The van der Waals surface area contributed by atoms with Crippen molar-refractivity contribution < 1.29 is 18.3 Å². The van der Waals surface area contributed by atoms with Crippen molar-refractivity contribution in [2.75, 3.05) is 13.2 Å². The molecule has 0 heterocycles. The van der Waals surface area contributed by atoms with Gasteiger partial charge < -0.3 is 9.47 Å². The van der Waals surface area contributed by atoms with E-state index >= 15 is 8.78 Å². The highest BCUT2D eigenvalue weighted by atomic mass is 19.1. The van der Waals surface area contributed by atoms with E-state index in [9.17, 15) is 0 Å². The molecule has 0 bridgehead atoms. The highest BCUT2D eigenvalue weighted by Gasteiger charge is 2.15. The molecule has 0 aliphatic carbocycles. The van der Waals surface area contributed by atoms with Crippen LogP contribution < -0.4 is 9.47 Å². The van der Waals surface area contributed by atoms with Gasteiger partial charge in [0.15, 0.2) is 23.1 Å². The minimum Gasteiger partial charge on any atom is -0.490 e. The predicted octanol–water partition coefficient (Wildman–Crippen LogP) is 11.3. The molecule has 38 heavy (non-hydrogen) atoms. The summed E-state index contributed by atoms with van der Waals surface area (Å²) in [6, 6.07) is 10.3. The molecular formula is C34H48F2O2. The van der Waals surface area contributed by atoms with E-state index in [1.165, 1.54) is 77.0 Å². The van der Waals surface area contributed by atoms with E-state index in [4.69, 9.17) is 9.47 Å². The standard InChI is InChI=1S/C34H48F2O2/c1-3-5-7-9-11-13-15-17-25-37-31-23-21-27-28-22-24-32(34(36)30(28)20-19-29(27)33(31)35)38-26-18-16-14-12-10-8-6-4-2/h19-24H,3-18,25-26H2,1-2H3. The van der Waals surface area contributed by atoms with Crippen LogP contribution in [0.2, 0.25) is 0 Å². The number of hydrogen-bond donors (Lipinski definition) is 0. The molecule has 4 heteroatoms. The zero-order chi connectivity index (χ0) is 27.0. The Hall–Kier alpha value is -2.36. The minimum absolute atomic E-state index is 0.269. The molecule has 0 aromatic heterocycles. The van der Waals surface area contributed by atoms with Crippen molar-refractivity contribution in [1.82, 2.24) is 0 Å². The lowest BCUT2D eigenvalue weighted by atomic mass is 10.0. The van der Waals surface area contributed by atoms with E-state index in [1.807, 2.05) is 12.1 Å². The van der Waals surface area contributed by atoms with Gasteiger partial charge in [0.2, 0.25) is 0 Å². The smallest absolute Gasteiger partial charge is 0.172 e. The summed E-state index contributed by atoms with van der Waals surface area (Å²) in [6.45, 7) is 5.49. The Balaban J connectivity index is 1.51. The van der Waals surface area contributed by atoms with Gasteiger partial charge in [-0.2, -0.15) is 0 Å². The van der Waals surface area contributed by atoms with Gasteiger partial charge in [0, 0.05) is 10.8 Å². The van der Waals surface area contributed by atoms with Crippen LogP contribution in [-0.2, 0) is 0 Å². The van der Waals surface area contributed by atoms with Gasteiger partial charge in [-0.3, -0.25) is 0 Å². The maximum Gasteiger partial charge on any atom is 0.172 e. The maximum atomic E-state index is 15.2. The molecule has 0 N–H and O–H groups in total. The summed E-state index contributed by atoms with van der Waals surface area (Å²) in [5.74, 6) is -0.213. The Morgan fingerprint density at radius 3 is 1.11 bits per heavy atom. The molecule has 0 amide bonds. The van der Waals surface area contributed by atoms with Gasteiger partial charge in [-0.15, -0.1) is 0 Å². The molecule has 3 aromatic carbocycles. The van der Waals surface area contributed by atoms with Crippen molar-refractivity contribution in [3.63, 3.8) is 0 Å². The normalized spacial score (nSPS) is 11.5. The van der Waals surface area contributed by atoms with E-state index in [2.05, 4.69) is 13.8 Å². The Kier molecular flexibility index (Phi) is 13.7. The Morgan fingerprint density at radius 2 is 0.737 bits per heavy atom. The summed E-state index contributed by atoms with van der Waals surface area (Å²) in [5, 5.41) is 2.29. The van der Waals surface area contributed by atoms with Crippen molar-refractivity contribution in [2.24, 2.45) is 0 Å². The first-order chi connectivity index (χ1) is 18.7. The Labute approximate surface area is 229 Å². The van der Waals surface area contributed by atoms with E-state index < -0.39 is 0 Å². The monoisotopic (exact) mass is 526 g/mol. The summed E-state index contributed by atoms with van der Waals surface area (Å²) in [7, 11) is 0. The third kappa shape index (κ3) is 9.13. The van der Waals surface area contributed by atoms with Crippen LogP contribution in [0.1, 0.15) is 117 Å². The zero-order valence-corrected chi connectivity index (χ0v) is 23.8. The largest absolute Gasteiger partial charge is 0.490 e. The molecule has 0 atom stereocenters. The summed E-state index contributed by atoms with van der Waals surface area (Å²) in [6.07, 6.45) is 19.4. The number of ether oxygens (including phenoxy) is 2. The van der Waals surface area contributed by atoms with Crippen molar-refractivity contribution in [2.45, 2.75) is 117 Å². The second kappa shape index (κ2) is 17.3. The number of unbranched alkanes of at least 4 members (excludes halogenated alkanes) is 14. The molecule has 0 aliphatic rings. The minimum atomic E-state index is -0.376. The van der Waals surface area contributed by atoms with Gasteiger partial charge >= 0.3 is 0 Å². The summed E-state index contributed by atoms with van der Waals surface area (Å²) in [5.41, 5.74) is 0. The maximum absolute atomic E-state index is 15.2. The Bertz CT molecular complexity index is 1010. The second-order valence-corrected chi connectivity index (χ2v) is 10.7. The third-order valence-corrected chi connectivity index (χ3v) is 7.51. The fraction of sp³-hybridized carbons (Fsp3) is 0.588. The average molecular weight is 527 g/mol. The highest BCUT2D eigenvalue weighted by molar-refractivity contribution is 6.08. The molecule has 2 nitrogen and oxygen atoms in total. The van der Waals surface area contributed by atoms with E-state index in [0.717, 1.165) is 25.7 Å². The van der Waals surface area contributed by atoms with Crippen LogP contribution in [0.25, 0.3) is 21.5 Å². The lowest BCUT2D eigenvalue weighted by Gasteiger charge is -2.13. The first-order valence-electron chi connectivity index (χ1n) is 15.3. The van der Waals surface area contributed by atoms with Crippen LogP contribution in [0.3, 0.4) is 0 Å². The molecule has 0 saturated heterocycles. The van der Waals surface area contributed by atoms with Crippen LogP contribution in [0.15, 0.2) is 36.4 Å². The van der Waals surface area contributed by atoms with Crippen molar-refractivity contribution in [3.8, 4) is 11.5 Å². The molecular weight excluding hydrogens is 478 g/mol. The van der Waals surface area contributed by atoms with Gasteiger partial charge in [-0.1, -0.05) is 116 Å². The number of rotatable bonds is 20. The van der Waals surface area contributed by atoms with Gasteiger partial charge in [0.25, 0.3) is 0 Å². The van der Waals surface area contributed by atoms with Gasteiger partial charge in [0.05, 0.1) is 13.2 Å². The highest BCUT2D eigenvalue weighted by Crippen LogP contribution is 2.35. The molecule has 0 unspecified atom stereocenters. The molecule has 0 fully saturated rings. The second-order valence-electron chi connectivity index (χ2n) is 10.7. The number of benzene rings is 3. The topological polar surface area (TPSA) is 18.5 Å². The number of halogens is 2. The van der Waals surface area contributed by atoms with Crippen molar-refractivity contribution in [1.29, 1.82) is 0 Å². The lowest BCUT2D eigenvalue weighted by Crippen LogP contribution is -2.01. The van der Waals surface area contributed by atoms with Crippen molar-refractivity contribution >= 4 is 21.5 Å². The summed E-state index contributed by atoms with van der Waals surface area (Å²) < 4.78 is 42.0. The first kappa shape index (κ1) is 30.2. The molecule has 0 saturated carbocycles. The molecule has 210 valence electrons. The summed E-state index contributed by atoms with van der Waals surface area (Å²) >= 11 is 0. The fourth-order valence-electron chi connectivity index (χ4n) is 5.17. The van der Waals surface area contributed by atoms with E-state index in [0.29, 0.717) is 34.8 Å². The van der Waals surface area contributed by atoms with Crippen LogP contribution in [0.5, 0.6) is 11.5 Å². The van der Waals surface area contributed by atoms with Crippen molar-refractivity contribution in [3.05, 3.63) is 48.0 Å². The van der Waals surface area contributed by atoms with Gasteiger partial charge in [0.1, 0.15) is 0 Å². The lowest BCUT2D eigenvalue weighted by molar-refractivity contribution is 0.291. The molecule has 0 spiro atoms. The molecule has 3 aromatic rings. The van der Waals surface area contributed by atoms with Crippen LogP contribution >= 0.6 is 0 Å². The van der Waals surface area contributed by atoms with Crippen LogP contribution in [-0.4, -0.2) is 13.2 Å². The summed E-state index contributed by atoms with van der Waals surface area (Å²) in [4.78, 5) is 0. The molecule has 0 aliphatic heterocycles. The SMILES string of the molecule is CCCCCCCCCCOc1ccc2c(ccc3c(F)c(OCCCCCCCCCC)ccc32)c1F. The number of fused-ring (bicyclic) bond motifs is 3. The third-order valence-electron chi connectivity index (χ3n) is 7.51. The fourth-order valence-corrected chi connectivity index (χ4v) is 5.17.